The maximum Gasteiger partial charge on any atom is 0.123 e. The summed E-state index contributed by atoms with van der Waals surface area (Å²) in [5.41, 5.74) is 0.830. The van der Waals surface area contributed by atoms with E-state index in [0.29, 0.717) is 12.6 Å². The van der Waals surface area contributed by atoms with Crippen LogP contribution in [-0.4, -0.2) is 12.6 Å². The molecule has 1 aromatic carbocycles. The van der Waals surface area contributed by atoms with E-state index < -0.39 is 0 Å². The van der Waals surface area contributed by atoms with Gasteiger partial charge in [0.15, 0.2) is 0 Å². The van der Waals surface area contributed by atoms with E-state index in [1.54, 1.807) is 0 Å². The third-order valence-corrected chi connectivity index (χ3v) is 2.96. The number of ether oxygens (including phenoxy) is 1. The zero-order valence-corrected chi connectivity index (χ0v) is 12.4. The lowest BCUT2D eigenvalue weighted by Crippen LogP contribution is -2.22. The number of rotatable bonds is 7. The molecule has 0 radical (unpaired) electrons. The second kappa shape index (κ2) is 7.16. The summed E-state index contributed by atoms with van der Waals surface area (Å²) < 4.78 is 5.82. The van der Waals surface area contributed by atoms with Crippen molar-refractivity contribution in [3.63, 3.8) is 0 Å². The van der Waals surface area contributed by atoms with Crippen molar-refractivity contribution in [2.75, 3.05) is 6.61 Å². The second-order valence-corrected chi connectivity index (χ2v) is 5.74. The highest BCUT2D eigenvalue weighted by Crippen LogP contribution is 2.22. The van der Waals surface area contributed by atoms with E-state index in [2.05, 4.69) is 31.3 Å². The molecule has 0 aliphatic heterocycles. The molecule has 0 bridgehead atoms. The number of nitrogens with zero attached hydrogens (tertiary/aromatic N) is 1. The zero-order valence-electron chi connectivity index (χ0n) is 12.4. The van der Waals surface area contributed by atoms with Crippen molar-refractivity contribution >= 4 is 0 Å². The average molecular weight is 260 g/mol. The second-order valence-electron chi connectivity index (χ2n) is 5.74. The molecule has 104 valence electrons. The average Bonchev–Trinajstić information content (AvgIpc) is 2.37. The molecule has 19 heavy (non-hydrogen) atoms. The van der Waals surface area contributed by atoms with Crippen LogP contribution in [0.4, 0.5) is 0 Å². The predicted octanol–water partition coefficient (Wildman–Crippen LogP) is 3.50. The fourth-order valence-electron chi connectivity index (χ4n) is 1.58. The van der Waals surface area contributed by atoms with Crippen LogP contribution >= 0.6 is 0 Å². The Morgan fingerprint density at radius 2 is 2.00 bits per heavy atom. The highest BCUT2D eigenvalue weighted by atomic mass is 16.5. The van der Waals surface area contributed by atoms with Gasteiger partial charge in [-0.15, -0.1) is 0 Å². The number of nitriles is 1. The molecule has 0 aliphatic carbocycles. The third kappa shape index (κ3) is 5.76. The molecule has 1 N–H and O–H groups in total. The molecular weight excluding hydrogens is 236 g/mol. The van der Waals surface area contributed by atoms with Crippen LogP contribution in [0.15, 0.2) is 24.3 Å². The molecule has 0 aromatic heterocycles. The first kappa shape index (κ1) is 15.5. The maximum atomic E-state index is 8.98. The minimum absolute atomic E-state index is 0.328. The van der Waals surface area contributed by atoms with Crippen LogP contribution in [0.25, 0.3) is 0 Å². The third-order valence-electron chi connectivity index (χ3n) is 2.96. The lowest BCUT2D eigenvalue weighted by atomic mass is 9.92. The van der Waals surface area contributed by atoms with E-state index in [1.807, 2.05) is 32.0 Å². The van der Waals surface area contributed by atoms with Gasteiger partial charge < -0.3 is 10.1 Å². The first-order valence-electron chi connectivity index (χ1n) is 6.80. The van der Waals surface area contributed by atoms with Crippen LogP contribution in [0.5, 0.6) is 5.75 Å². The summed E-state index contributed by atoms with van der Waals surface area (Å²) in [6, 6.07) is 10.8. The van der Waals surface area contributed by atoms with Crippen molar-refractivity contribution in [1.29, 1.82) is 5.26 Å². The minimum atomic E-state index is -0.328. The Morgan fingerprint density at radius 3 is 2.63 bits per heavy atom. The SMILES string of the molecule is CC(C)NCc1ccccc1OCCC(C)(C)C#N. The fraction of sp³-hybridized carbons (Fsp3) is 0.562. The molecule has 1 rings (SSSR count). The molecule has 0 atom stereocenters. The van der Waals surface area contributed by atoms with Gasteiger partial charge in [0.05, 0.1) is 18.1 Å². The Hall–Kier alpha value is -1.53. The standard InChI is InChI=1S/C16H24N2O/c1-13(2)18-11-14-7-5-6-8-15(14)19-10-9-16(3,4)12-17/h5-8,13,18H,9-11H2,1-4H3. The fourth-order valence-corrected chi connectivity index (χ4v) is 1.58. The van der Waals surface area contributed by atoms with Crippen LogP contribution in [0, 0.1) is 16.7 Å². The highest BCUT2D eigenvalue weighted by molar-refractivity contribution is 5.33. The van der Waals surface area contributed by atoms with E-state index in [0.717, 1.165) is 24.3 Å². The monoisotopic (exact) mass is 260 g/mol. The summed E-state index contributed by atoms with van der Waals surface area (Å²) in [5.74, 6) is 0.907. The van der Waals surface area contributed by atoms with Gasteiger partial charge in [-0.1, -0.05) is 32.0 Å². The summed E-state index contributed by atoms with van der Waals surface area (Å²) in [4.78, 5) is 0. The lowest BCUT2D eigenvalue weighted by Gasteiger charge is -2.17. The van der Waals surface area contributed by atoms with Gasteiger partial charge >= 0.3 is 0 Å². The molecule has 1 aromatic rings. The molecule has 0 aliphatic rings. The van der Waals surface area contributed by atoms with Crippen LogP contribution in [0.3, 0.4) is 0 Å². The van der Waals surface area contributed by atoms with Crippen molar-refractivity contribution in [1.82, 2.24) is 5.32 Å². The quantitative estimate of drug-likeness (QED) is 0.816. The van der Waals surface area contributed by atoms with Crippen LogP contribution in [0.2, 0.25) is 0 Å². The summed E-state index contributed by atoms with van der Waals surface area (Å²) >= 11 is 0. The predicted molar refractivity (Wildman–Crippen MR) is 77.9 cm³/mol. The van der Waals surface area contributed by atoms with Gasteiger partial charge in [0, 0.05) is 18.2 Å². The van der Waals surface area contributed by atoms with Crippen molar-refractivity contribution in [2.24, 2.45) is 5.41 Å². The van der Waals surface area contributed by atoms with Crippen LogP contribution < -0.4 is 10.1 Å². The van der Waals surface area contributed by atoms with E-state index in [4.69, 9.17) is 10.00 Å². The summed E-state index contributed by atoms with van der Waals surface area (Å²) in [6.45, 7) is 9.48. The molecule has 0 amide bonds. The van der Waals surface area contributed by atoms with Crippen molar-refractivity contribution in [3.8, 4) is 11.8 Å². The Balaban J connectivity index is 2.56. The normalized spacial score (nSPS) is 11.4. The van der Waals surface area contributed by atoms with E-state index in [-0.39, 0.29) is 5.41 Å². The molecule has 0 saturated carbocycles. The van der Waals surface area contributed by atoms with Gasteiger partial charge in [-0.05, 0) is 26.3 Å². The highest BCUT2D eigenvalue weighted by Gasteiger charge is 2.16. The van der Waals surface area contributed by atoms with E-state index in [9.17, 15) is 0 Å². The molecule has 0 unspecified atom stereocenters. The number of para-hydroxylation sites is 1. The molecule has 0 fully saturated rings. The number of hydrogen-bond donors (Lipinski definition) is 1. The zero-order chi connectivity index (χ0) is 14.3. The number of nitrogens with one attached hydrogen (secondary N) is 1. The first-order chi connectivity index (χ1) is 8.94. The smallest absolute Gasteiger partial charge is 0.123 e. The number of hydrogen-bond acceptors (Lipinski definition) is 3. The minimum Gasteiger partial charge on any atom is -0.493 e. The van der Waals surface area contributed by atoms with Gasteiger partial charge in [0.25, 0.3) is 0 Å². The van der Waals surface area contributed by atoms with E-state index >= 15 is 0 Å². The summed E-state index contributed by atoms with van der Waals surface area (Å²) in [6.07, 6.45) is 0.732. The molecular formula is C16H24N2O. The van der Waals surface area contributed by atoms with Gasteiger partial charge in [0.2, 0.25) is 0 Å². The summed E-state index contributed by atoms with van der Waals surface area (Å²) in [7, 11) is 0. The van der Waals surface area contributed by atoms with Crippen molar-refractivity contribution in [3.05, 3.63) is 29.8 Å². The lowest BCUT2D eigenvalue weighted by molar-refractivity contribution is 0.261. The molecule has 0 spiro atoms. The maximum absolute atomic E-state index is 8.98. The van der Waals surface area contributed by atoms with Gasteiger partial charge in [-0.3, -0.25) is 0 Å². The molecule has 0 heterocycles. The summed E-state index contributed by atoms with van der Waals surface area (Å²) in [5, 5.41) is 12.4. The Kier molecular flexibility index (Phi) is 5.85. The Morgan fingerprint density at radius 1 is 1.32 bits per heavy atom. The topological polar surface area (TPSA) is 45.0 Å². The van der Waals surface area contributed by atoms with Crippen LogP contribution in [-0.2, 0) is 6.54 Å². The van der Waals surface area contributed by atoms with Crippen molar-refractivity contribution < 1.29 is 4.74 Å². The Labute approximate surface area is 116 Å². The first-order valence-corrected chi connectivity index (χ1v) is 6.80. The van der Waals surface area contributed by atoms with Gasteiger partial charge in [-0.2, -0.15) is 5.26 Å². The van der Waals surface area contributed by atoms with E-state index in [1.165, 1.54) is 0 Å². The molecule has 3 nitrogen and oxygen atoms in total. The van der Waals surface area contributed by atoms with Crippen molar-refractivity contribution in [2.45, 2.75) is 46.7 Å². The van der Waals surface area contributed by atoms with Crippen LogP contribution in [0.1, 0.15) is 39.7 Å². The Bertz CT molecular complexity index is 433. The molecule has 3 heteroatoms. The van der Waals surface area contributed by atoms with Gasteiger partial charge in [0.1, 0.15) is 5.75 Å². The number of benzene rings is 1. The molecule has 0 saturated heterocycles. The largest absolute Gasteiger partial charge is 0.493 e. The van der Waals surface area contributed by atoms with Gasteiger partial charge in [-0.25, -0.2) is 0 Å².